The summed E-state index contributed by atoms with van der Waals surface area (Å²) in [5, 5.41) is 8.98. The van der Waals surface area contributed by atoms with Crippen molar-refractivity contribution in [3.05, 3.63) is 65.6 Å². The number of nitrogens with zero attached hydrogens (tertiary/aromatic N) is 3. The molecule has 0 aliphatic carbocycles. The van der Waals surface area contributed by atoms with Gasteiger partial charge < -0.3 is 9.64 Å². The summed E-state index contributed by atoms with van der Waals surface area (Å²) in [6.45, 7) is 0. The van der Waals surface area contributed by atoms with E-state index >= 15 is 0 Å². The van der Waals surface area contributed by atoms with Crippen molar-refractivity contribution < 1.29 is 22.7 Å². The van der Waals surface area contributed by atoms with Gasteiger partial charge in [0.15, 0.2) is 17.2 Å². The van der Waals surface area contributed by atoms with E-state index in [0.29, 0.717) is 17.8 Å². The Kier molecular flexibility index (Phi) is 5.62. The van der Waals surface area contributed by atoms with Gasteiger partial charge in [-0.2, -0.15) is 18.4 Å². The molecule has 0 aliphatic rings. The molecular formula is C18H14F3N3O2. The van der Waals surface area contributed by atoms with Crippen LogP contribution in [-0.2, 0) is 6.18 Å². The van der Waals surface area contributed by atoms with E-state index in [-0.39, 0.29) is 23.0 Å². The molecule has 8 heteroatoms. The lowest BCUT2D eigenvalue weighted by Crippen LogP contribution is -2.06. The second-order valence-electron chi connectivity index (χ2n) is 5.45. The van der Waals surface area contributed by atoms with Crippen LogP contribution >= 0.6 is 0 Å². The van der Waals surface area contributed by atoms with Gasteiger partial charge in [-0.1, -0.05) is 0 Å². The van der Waals surface area contributed by atoms with Crippen molar-refractivity contribution in [3.8, 4) is 17.6 Å². The fourth-order valence-electron chi connectivity index (χ4n) is 1.89. The number of pyridine rings is 1. The first-order valence-corrected chi connectivity index (χ1v) is 7.35. The van der Waals surface area contributed by atoms with Crippen molar-refractivity contribution in [1.29, 1.82) is 5.26 Å². The number of hydrogen-bond donors (Lipinski definition) is 0. The summed E-state index contributed by atoms with van der Waals surface area (Å²) in [6.07, 6.45) is -1.04. The molecule has 0 bridgehead atoms. The molecule has 1 aromatic heterocycles. The fourth-order valence-corrected chi connectivity index (χ4v) is 1.89. The summed E-state index contributed by atoms with van der Waals surface area (Å²) < 4.78 is 43.7. The minimum absolute atomic E-state index is 0.177. The van der Waals surface area contributed by atoms with Crippen LogP contribution in [0.2, 0.25) is 0 Å². The molecule has 0 radical (unpaired) electrons. The second kappa shape index (κ2) is 7.70. The van der Waals surface area contributed by atoms with Gasteiger partial charge in [0.05, 0.1) is 5.56 Å². The van der Waals surface area contributed by atoms with E-state index in [4.69, 9.17) is 10.00 Å². The monoisotopic (exact) mass is 361 g/mol. The summed E-state index contributed by atoms with van der Waals surface area (Å²) in [5.74, 6) is -0.367. The molecule has 0 amide bonds. The Balaban J connectivity index is 2.24. The Hall–Kier alpha value is -3.34. The predicted octanol–water partition coefficient (Wildman–Crippen LogP) is 4.02. The molecule has 26 heavy (non-hydrogen) atoms. The van der Waals surface area contributed by atoms with E-state index < -0.39 is 11.7 Å². The van der Waals surface area contributed by atoms with Crippen LogP contribution in [0.5, 0.6) is 11.5 Å². The van der Waals surface area contributed by atoms with Crippen LogP contribution in [0.4, 0.5) is 13.2 Å². The predicted molar refractivity (Wildman–Crippen MR) is 87.6 cm³/mol. The van der Waals surface area contributed by atoms with E-state index in [1.54, 1.807) is 31.3 Å². The second-order valence-corrected chi connectivity index (χ2v) is 5.45. The number of benzene rings is 1. The van der Waals surface area contributed by atoms with Crippen molar-refractivity contribution in [2.75, 3.05) is 14.1 Å². The fraction of sp³-hybridized carbons (Fsp3) is 0.167. The lowest BCUT2D eigenvalue weighted by atomic mass is 10.1. The minimum atomic E-state index is -4.60. The van der Waals surface area contributed by atoms with E-state index in [0.717, 1.165) is 0 Å². The number of allylic oxidation sites excluding steroid dienone is 1. The Morgan fingerprint density at radius 2 is 1.92 bits per heavy atom. The number of halogens is 3. The average Bonchev–Trinajstić information content (AvgIpc) is 2.59. The highest BCUT2D eigenvalue weighted by molar-refractivity contribution is 6.04. The van der Waals surface area contributed by atoms with Crippen molar-refractivity contribution in [3.63, 3.8) is 0 Å². The van der Waals surface area contributed by atoms with Crippen molar-refractivity contribution in [1.82, 2.24) is 9.88 Å². The largest absolute Gasteiger partial charge is 0.454 e. The molecule has 0 saturated heterocycles. The standard InChI is InChI=1S/C18H14F3N3O2/c1-24(2)8-7-16(25)12-3-5-14(6-4-12)26-17-9-13(18(19,20)21)11-23-15(17)10-22/h3-9,11H,1-2H3/b8-7+. The van der Waals surface area contributed by atoms with Crippen LogP contribution in [0.3, 0.4) is 0 Å². The first-order chi connectivity index (χ1) is 12.2. The SMILES string of the molecule is CN(C)/C=C/C(=O)c1ccc(Oc2cc(C(F)(F)F)cnc2C#N)cc1. The highest BCUT2D eigenvalue weighted by Gasteiger charge is 2.32. The van der Waals surface area contributed by atoms with E-state index in [1.807, 2.05) is 0 Å². The lowest BCUT2D eigenvalue weighted by Gasteiger charge is -2.11. The number of carbonyl (C=O) groups excluding carboxylic acids is 1. The maximum absolute atomic E-state index is 12.8. The third-order valence-corrected chi connectivity index (χ3v) is 3.18. The molecule has 0 spiro atoms. The number of ether oxygens (including phenoxy) is 1. The van der Waals surface area contributed by atoms with E-state index in [1.165, 1.54) is 30.3 Å². The molecule has 2 aromatic rings. The summed E-state index contributed by atoms with van der Waals surface area (Å²) in [5.41, 5.74) is -0.905. The van der Waals surface area contributed by atoms with Gasteiger partial charge in [0.2, 0.25) is 0 Å². The van der Waals surface area contributed by atoms with Crippen LogP contribution in [0.15, 0.2) is 48.8 Å². The van der Waals surface area contributed by atoms with Gasteiger partial charge in [0.25, 0.3) is 0 Å². The zero-order valence-corrected chi connectivity index (χ0v) is 13.9. The molecule has 5 nitrogen and oxygen atoms in total. The number of alkyl halides is 3. The molecule has 0 unspecified atom stereocenters. The van der Waals surface area contributed by atoms with Crippen molar-refractivity contribution >= 4 is 5.78 Å². The molecular weight excluding hydrogens is 347 g/mol. The molecule has 134 valence electrons. The quantitative estimate of drug-likeness (QED) is 0.594. The average molecular weight is 361 g/mol. The molecule has 1 heterocycles. The number of aromatic nitrogens is 1. The number of nitriles is 1. The zero-order valence-electron chi connectivity index (χ0n) is 13.9. The number of rotatable bonds is 5. The van der Waals surface area contributed by atoms with Crippen LogP contribution in [0.25, 0.3) is 0 Å². The Labute approximate surface area is 147 Å². The highest BCUT2D eigenvalue weighted by Crippen LogP contribution is 2.33. The summed E-state index contributed by atoms with van der Waals surface area (Å²) >= 11 is 0. The van der Waals surface area contributed by atoms with Crippen molar-refractivity contribution in [2.45, 2.75) is 6.18 Å². The molecule has 0 N–H and O–H groups in total. The first-order valence-electron chi connectivity index (χ1n) is 7.35. The zero-order chi connectivity index (χ0) is 19.3. The van der Waals surface area contributed by atoms with E-state index in [9.17, 15) is 18.0 Å². The number of carbonyl (C=O) groups is 1. The van der Waals surface area contributed by atoms with Gasteiger partial charge in [0.1, 0.15) is 11.8 Å². The lowest BCUT2D eigenvalue weighted by molar-refractivity contribution is -0.137. The van der Waals surface area contributed by atoms with E-state index in [2.05, 4.69) is 4.98 Å². The van der Waals surface area contributed by atoms with Crippen LogP contribution in [-0.4, -0.2) is 29.8 Å². The van der Waals surface area contributed by atoms with Gasteiger partial charge >= 0.3 is 6.18 Å². The first kappa shape index (κ1) is 19.0. The molecule has 2 rings (SSSR count). The molecule has 0 atom stereocenters. The smallest absolute Gasteiger partial charge is 0.418 e. The molecule has 0 fully saturated rings. The molecule has 0 aliphatic heterocycles. The summed E-state index contributed by atoms with van der Waals surface area (Å²) in [6, 6.07) is 8.20. The Bertz CT molecular complexity index is 867. The van der Waals surface area contributed by atoms with Gasteiger partial charge in [-0.05, 0) is 30.3 Å². The third-order valence-electron chi connectivity index (χ3n) is 3.18. The maximum atomic E-state index is 12.8. The molecule has 0 saturated carbocycles. The summed E-state index contributed by atoms with van der Waals surface area (Å²) in [4.78, 5) is 17.1. The Morgan fingerprint density at radius 3 is 2.46 bits per heavy atom. The van der Waals surface area contributed by atoms with Gasteiger partial charge in [-0.3, -0.25) is 4.79 Å². The summed E-state index contributed by atoms with van der Waals surface area (Å²) in [7, 11) is 3.55. The van der Waals surface area contributed by atoms with Crippen LogP contribution < -0.4 is 4.74 Å². The van der Waals surface area contributed by atoms with Crippen LogP contribution in [0, 0.1) is 11.3 Å². The minimum Gasteiger partial charge on any atom is -0.454 e. The van der Waals surface area contributed by atoms with Gasteiger partial charge in [-0.15, -0.1) is 0 Å². The number of ketones is 1. The molecule has 1 aromatic carbocycles. The maximum Gasteiger partial charge on any atom is 0.418 e. The number of hydrogen-bond acceptors (Lipinski definition) is 5. The highest BCUT2D eigenvalue weighted by atomic mass is 19.4. The van der Waals surface area contributed by atoms with Gasteiger partial charge in [-0.25, -0.2) is 4.98 Å². The Morgan fingerprint density at radius 1 is 1.27 bits per heavy atom. The third kappa shape index (κ3) is 4.83. The topological polar surface area (TPSA) is 66.2 Å². The van der Waals surface area contributed by atoms with Gasteiger partial charge in [0, 0.05) is 38.1 Å². The normalized spacial score (nSPS) is 11.2. The van der Waals surface area contributed by atoms with Crippen molar-refractivity contribution in [2.24, 2.45) is 0 Å². The van der Waals surface area contributed by atoms with Crippen LogP contribution in [0.1, 0.15) is 21.6 Å².